The van der Waals surface area contributed by atoms with Crippen molar-refractivity contribution in [2.45, 2.75) is 18.7 Å². The number of hydrogen-bond acceptors (Lipinski definition) is 2. The van der Waals surface area contributed by atoms with Gasteiger partial charge in [0.15, 0.2) is 0 Å². The number of alkyl halides is 1. The summed E-state index contributed by atoms with van der Waals surface area (Å²) in [4.78, 5) is 0. The van der Waals surface area contributed by atoms with E-state index in [0.29, 0.717) is 5.75 Å². The molecular weight excluding hydrogens is 260 g/mol. The van der Waals surface area contributed by atoms with Crippen LogP contribution in [-0.4, -0.2) is 5.11 Å². The van der Waals surface area contributed by atoms with E-state index in [1.54, 1.807) is 11.3 Å². The molecule has 14 heavy (non-hydrogen) atoms. The van der Waals surface area contributed by atoms with Crippen LogP contribution in [0.1, 0.15) is 18.1 Å². The van der Waals surface area contributed by atoms with Crippen LogP contribution in [0.4, 0.5) is 0 Å². The molecule has 0 fully saturated rings. The van der Waals surface area contributed by atoms with E-state index >= 15 is 0 Å². The van der Waals surface area contributed by atoms with Crippen molar-refractivity contribution in [1.29, 1.82) is 0 Å². The normalized spacial score (nSPS) is 11.0. The summed E-state index contributed by atoms with van der Waals surface area (Å²) < 4.78 is 1.18. The number of phenolic OH excluding ortho intramolecular Hbond substituents is 1. The summed E-state index contributed by atoms with van der Waals surface area (Å²) >= 11 is 5.16. The number of phenols is 1. The van der Waals surface area contributed by atoms with E-state index in [9.17, 15) is 5.11 Å². The second kappa shape index (κ2) is 3.91. The lowest BCUT2D eigenvalue weighted by molar-refractivity contribution is 0.476. The molecule has 0 spiro atoms. The first-order chi connectivity index (χ1) is 6.76. The lowest BCUT2D eigenvalue weighted by Crippen LogP contribution is -1.83. The second-order valence-corrected chi connectivity index (χ2v) is 4.70. The first-order valence-corrected chi connectivity index (χ1v) is 6.54. The number of hydrogen-bond donors (Lipinski definition) is 1. The highest BCUT2D eigenvalue weighted by molar-refractivity contribution is 9.08. The Labute approximate surface area is 95.5 Å². The Morgan fingerprint density at radius 2 is 2.14 bits per heavy atom. The molecule has 74 valence electrons. The van der Waals surface area contributed by atoms with Crippen molar-refractivity contribution < 1.29 is 5.11 Å². The number of fused-ring (bicyclic) bond motifs is 1. The van der Waals surface area contributed by atoms with Crippen molar-refractivity contribution in [2.24, 2.45) is 0 Å². The predicted octanol–water partition coefficient (Wildman–Crippen LogP) is 4.06. The quantitative estimate of drug-likeness (QED) is 0.816. The van der Waals surface area contributed by atoms with Gasteiger partial charge in [0.1, 0.15) is 5.75 Å². The van der Waals surface area contributed by atoms with Gasteiger partial charge in [-0.3, -0.25) is 0 Å². The fraction of sp³-hybridized carbons (Fsp3) is 0.273. The highest BCUT2D eigenvalue weighted by Crippen LogP contribution is 2.33. The predicted molar refractivity (Wildman–Crippen MR) is 65.5 cm³/mol. The van der Waals surface area contributed by atoms with Crippen molar-refractivity contribution >= 4 is 37.4 Å². The van der Waals surface area contributed by atoms with Gasteiger partial charge >= 0.3 is 0 Å². The maximum atomic E-state index is 9.51. The van der Waals surface area contributed by atoms with E-state index < -0.39 is 0 Å². The first-order valence-electron chi connectivity index (χ1n) is 4.54. The molecule has 0 saturated heterocycles. The van der Waals surface area contributed by atoms with E-state index in [1.807, 2.05) is 12.1 Å². The molecule has 2 aromatic rings. The van der Waals surface area contributed by atoms with Crippen molar-refractivity contribution in [3.8, 4) is 5.75 Å². The number of thiophene rings is 1. The molecule has 0 atom stereocenters. The highest BCUT2D eigenvalue weighted by Gasteiger charge is 2.08. The molecule has 2 rings (SSSR count). The molecule has 0 aliphatic rings. The molecule has 0 bridgehead atoms. The third-order valence-corrected chi connectivity index (χ3v) is 3.93. The molecular formula is C11H11BrOS. The standard InChI is InChI=1S/C11H11BrOS/c1-2-7-6-14-10-4-9(13)3-8(5-12)11(7)10/h3-4,6,13H,2,5H2,1H3. The molecule has 3 heteroatoms. The van der Waals surface area contributed by atoms with Gasteiger partial charge in [0.05, 0.1) is 0 Å². The maximum Gasteiger partial charge on any atom is 0.117 e. The minimum atomic E-state index is 0.358. The smallest absolute Gasteiger partial charge is 0.117 e. The van der Waals surface area contributed by atoms with E-state index in [1.165, 1.54) is 21.2 Å². The lowest BCUT2D eigenvalue weighted by Gasteiger charge is -2.02. The molecule has 1 aromatic heterocycles. The fourth-order valence-corrected chi connectivity index (χ4v) is 3.24. The molecule has 1 aromatic carbocycles. The third kappa shape index (κ3) is 1.55. The zero-order valence-corrected chi connectivity index (χ0v) is 10.3. The molecule has 0 amide bonds. The summed E-state index contributed by atoms with van der Waals surface area (Å²) in [6.07, 6.45) is 1.05. The summed E-state index contributed by atoms with van der Waals surface area (Å²) in [6.45, 7) is 2.16. The number of aromatic hydroxyl groups is 1. The van der Waals surface area contributed by atoms with E-state index in [-0.39, 0.29) is 0 Å². The van der Waals surface area contributed by atoms with E-state index in [0.717, 1.165) is 11.8 Å². The van der Waals surface area contributed by atoms with Gasteiger partial charge in [-0.05, 0) is 40.4 Å². The monoisotopic (exact) mass is 270 g/mol. The van der Waals surface area contributed by atoms with Gasteiger partial charge in [-0.25, -0.2) is 0 Å². The average molecular weight is 271 g/mol. The molecule has 0 radical (unpaired) electrons. The van der Waals surface area contributed by atoms with Crippen molar-refractivity contribution in [3.63, 3.8) is 0 Å². The van der Waals surface area contributed by atoms with Gasteiger partial charge in [0, 0.05) is 10.0 Å². The Morgan fingerprint density at radius 3 is 2.79 bits per heavy atom. The van der Waals surface area contributed by atoms with E-state index in [4.69, 9.17) is 0 Å². The summed E-state index contributed by atoms with van der Waals surface area (Å²) in [5.41, 5.74) is 2.55. The van der Waals surface area contributed by atoms with Crippen molar-refractivity contribution in [2.75, 3.05) is 0 Å². The summed E-state index contributed by atoms with van der Waals surface area (Å²) in [6, 6.07) is 3.67. The molecule has 1 nitrogen and oxygen atoms in total. The first kappa shape index (κ1) is 9.99. The van der Waals surface area contributed by atoms with Gasteiger partial charge in [-0.2, -0.15) is 0 Å². The lowest BCUT2D eigenvalue weighted by atomic mass is 10.1. The van der Waals surface area contributed by atoms with Gasteiger partial charge < -0.3 is 5.11 Å². The van der Waals surface area contributed by atoms with E-state index in [2.05, 4.69) is 28.2 Å². The summed E-state index contributed by atoms with van der Waals surface area (Å²) in [5.74, 6) is 0.358. The van der Waals surface area contributed by atoms with Gasteiger partial charge in [-0.15, -0.1) is 11.3 Å². The van der Waals surface area contributed by atoms with Crippen LogP contribution in [0.5, 0.6) is 5.75 Å². The summed E-state index contributed by atoms with van der Waals surface area (Å²) in [7, 11) is 0. The summed E-state index contributed by atoms with van der Waals surface area (Å²) in [5, 5.41) is 13.8. The number of halogens is 1. The Morgan fingerprint density at radius 1 is 1.36 bits per heavy atom. The minimum Gasteiger partial charge on any atom is -0.508 e. The number of aryl methyl sites for hydroxylation is 1. The molecule has 0 aliphatic heterocycles. The zero-order chi connectivity index (χ0) is 10.1. The Bertz CT molecular complexity index is 462. The van der Waals surface area contributed by atoms with Gasteiger partial charge in [0.25, 0.3) is 0 Å². The van der Waals surface area contributed by atoms with Crippen molar-refractivity contribution in [3.05, 3.63) is 28.6 Å². The van der Waals surface area contributed by atoms with Crippen LogP contribution >= 0.6 is 27.3 Å². The van der Waals surface area contributed by atoms with Crippen LogP contribution < -0.4 is 0 Å². The van der Waals surface area contributed by atoms with Crippen LogP contribution in [0.3, 0.4) is 0 Å². The SMILES string of the molecule is CCc1csc2cc(O)cc(CBr)c12. The fourth-order valence-electron chi connectivity index (χ4n) is 1.67. The van der Waals surface area contributed by atoms with Crippen LogP contribution in [0, 0.1) is 0 Å². The largest absolute Gasteiger partial charge is 0.508 e. The van der Waals surface area contributed by atoms with Crippen LogP contribution in [-0.2, 0) is 11.8 Å². The van der Waals surface area contributed by atoms with Gasteiger partial charge in [0.2, 0.25) is 0 Å². The molecule has 0 unspecified atom stereocenters. The molecule has 0 saturated carbocycles. The minimum absolute atomic E-state index is 0.358. The van der Waals surface area contributed by atoms with Crippen LogP contribution in [0.2, 0.25) is 0 Å². The average Bonchev–Trinajstić information content (AvgIpc) is 2.59. The Hall–Kier alpha value is -0.540. The van der Waals surface area contributed by atoms with Crippen LogP contribution in [0.25, 0.3) is 10.1 Å². The molecule has 1 heterocycles. The zero-order valence-electron chi connectivity index (χ0n) is 7.88. The van der Waals surface area contributed by atoms with Crippen LogP contribution in [0.15, 0.2) is 17.5 Å². The second-order valence-electron chi connectivity index (χ2n) is 3.23. The van der Waals surface area contributed by atoms with Gasteiger partial charge in [-0.1, -0.05) is 22.9 Å². The Kier molecular flexibility index (Phi) is 2.79. The molecule has 0 aliphatic carbocycles. The maximum absolute atomic E-state index is 9.51. The molecule has 1 N–H and O–H groups in total. The topological polar surface area (TPSA) is 20.2 Å². The van der Waals surface area contributed by atoms with Crippen molar-refractivity contribution in [1.82, 2.24) is 0 Å². The number of rotatable bonds is 2. The highest BCUT2D eigenvalue weighted by atomic mass is 79.9. The third-order valence-electron chi connectivity index (χ3n) is 2.34. The Balaban J connectivity index is 2.78. The number of benzene rings is 1.